The minimum Gasteiger partial charge on any atom is -0.305 e. The van der Waals surface area contributed by atoms with Crippen molar-refractivity contribution in [3.05, 3.63) is 76.5 Å². The van der Waals surface area contributed by atoms with Crippen LogP contribution in [0.1, 0.15) is 36.5 Å². The third kappa shape index (κ3) is 3.25. The molecule has 0 saturated heterocycles. The van der Waals surface area contributed by atoms with Gasteiger partial charge in [-0.1, -0.05) is 38.1 Å². The van der Waals surface area contributed by atoms with Gasteiger partial charge in [0.05, 0.1) is 0 Å². The normalized spacial score (nSPS) is 15.8. The Hall–Kier alpha value is -2.82. The number of benzene rings is 2. The molecular formula is C19H16F2N2O. The molecule has 0 saturated carbocycles. The fraction of sp³-hybridized carbons (Fsp3) is 0.158. The second-order valence-electron chi connectivity index (χ2n) is 5.89. The van der Waals surface area contributed by atoms with Crippen LogP contribution in [0.15, 0.2) is 53.2 Å². The van der Waals surface area contributed by atoms with Crippen LogP contribution in [-0.4, -0.2) is 11.7 Å². The first kappa shape index (κ1) is 16.1. The van der Waals surface area contributed by atoms with Gasteiger partial charge in [0.1, 0.15) is 11.5 Å². The SMILES string of the molecule is CC(C)c1ccc(/C=C2/N=C(c3ccc(F)c(F)c3)NC2=O)cc1. The Bertz CT molecular complexity index is 852. The fourth-order valence-electron chi connectivity index (χ4n) is 2.38. The maximum Gasteiger partial charge on any atom is 0.275 e. The quantitative estimate of drug-likeness (QED) is 0.851. The van der Waals surface area contributed by atoms with Crippen molar-refractivity contribution in [1.82, 2.24) is 5.32 Å². The van der Waals surface area contributed by atoms with E-state index in [0.29, 0.717) is 11.5 Å². The van der Waals surface area contributed by atoms with Gasteiger partial charge in [0.15, 0.2) is 11.6 Å². The zero-order valence-corrected chi connectivity index (χ0v) is 13.3. The summed E-state index contributed by atoms with van der Waals surface area (Å²) in [5, 5.41) is 2.57. The van der Waals surface area contributed by atoms with E-state index < -0.39 is 11.6 Å². The number of aliphatic imine (C=N–C) groups is 1. The van der Waals surface area contributed by atoms with Gasteiger partial charge in [-0.25, -0.2) is 13.8 Å². The van der Waals surface area contributed by atoms with E-state index in [1.54, 1.807) is 6.08 Å². The van der Waals surface area contributed by atoms with Crippen LogP contribution in [0.2, 0.25) is 0 Å². The summed E-state index contributed by atoms with van der Waals surface area (Å²) in [6, 6.07) is 11.2. The van der Waals surface area contributed by atoms with Gasteiger partial charge in [-0.2, -0.15) is 0 Å². The maximum atomic E-state index is 13.3. The number of carbonyl (C=O) groups excluding carboxylic acids is 1. The smallest absolute Gasteiger partial charge is 0.275 e. The van der Waals surface area contributed by atoms with Gasteiger partial charge in [0, 0.05) is 5.56 Å². The van der Waals surface area contributed by atoms with Crippen molar-refractivity contribution in [2.45, 2.75) is 19.8 Å². The van der Waals surface area contributed by atoms with E-state index in [9.17, 15) is 13.6 Å². The van der Waals surface area contributed by atoms with Crippen molar-refractivity contribution < 1.29 is 13.6 Å². The first-order valence-corrected chi connectivity index (χ1v) is 7.61. The monoisotopic (exact) mass is 326 g/mol. The van der Waals surface area contributed by atoms with Gasteiger partial charge in [-0.3, -0.25) is 4.79 Å². The van der Waals surface area contributed by atoms with Crippen LogP contribution in [0.5, 0.6) is 0 Å². The summed E-state index contributed by atoms with van der Waals surface area (Å²) in [6.45, 7) is 4.21. The summed E-state index contributed by atoms with van der Waals surface area (Å²) in [6.07, 6.45) is 1.66. The molecule has 0 radical (unpaired) electrons. The number of carbonyl (C=O) groups is 1. The van der Waals surface area contributed by atoms with Gasteiger partial charge < -0.3 is 5.32 Å². The standard InChI is InChI=1S/C19H16F2N2O/c1-11(2)13-5-3-12(4-6-13)9-17-19(24)23-18(22-17)14-7-8-15(20)16(21)10-14/h3-11H,1-2H3,(H,22,23,24)/b17-9+. The Balaban J connectivity index is 1.89. The number of halogens is 2. The molecule has 0 bridgehead atoms. The minimum absolute atomic E-state index is 0.212. The molecule has 122 valence electrons. The molecular weight excluding hydrogens is 310 g/mol. The van der Waals surface area contributed by atoms with Crippen LogP contribution in [0.4, 0.5) is 8.78 Å². The highest BCUT2D eigenvalue weighted by Crippen LogP contribution is 2.19. The van der Waals surface area contributed by atoms with Crippen molar-refractivity contribution >= 4 is 17.8 Å². The van der Waals surface area contributed by atoms with Crippen molar-refractivity contribution in [1.29, 1.82) is 0 Å². The molecule has 0 unspecified atom stereocenters. The highest BCUT2D eigenvalue weighted by atomic mass is 19.2. The molecule has 0 aromatic heterocycles. The lowest BCUT2D eigenvalue weighted by Gasteiger charge is -2.04. The maximum absolute atomic E-state index is 13.3. The lowest BCUT2D eigenvalue weighted by Crippen LogP contribution is -2.24. The molecule has 1 aliphatic rings. The van der Waals surface area contributed by atoms with Crippen LogP contribution in [0, 0.1) is 11.6 Å². The topological polar surface area (TPSA) is 41.5 Å². The predicted octanol–water partition coefficient (Wildman–Crippen LogP) is 4.01. The first-order valence-electron chi connectivity index (χ1n) is 7.61. The summed E-state index contributed by atoms with van der Waals surface area (Å²) in [5.74, 6) is -1.65. The van der Waals surface area contributed by atoms with Gasteiger partial charge in [0.25, 0.3) is 5.91 Å². The van der Waals surface area contributed by atoms with Crippen LogP contribution in [-0.2, 0) is 4.79 Å². The highest BCUT2D eigenvalue weighted by Gasteiger charge is 2.21. The van der Waals surface area contributed by atoms with Crippen molar-refractivity contribution in [2.75, 3.05) is 0 Å². The highest BCUT2D eigenvalue weighted by molar-refractivity contribution is 6.19. The first-order chi connectivity index (χ1) is 11.4. The van der Waals surface area contributed by atoms with E-state index in [4.69, 9.17) is 0 Å². The van der Waals surface area contributed by atoms with E-state index in [2.05, 4.69) is 24.2 Å². The number of amides is 1. The number of amidine groups is 1. The van der Waals surface area contributed by atoms with E-state index in [-0.39, 0.29) is 17.4 Å². The second-order valence-corrected chi connectivity index (χ2v) is 5.89. The van der Waals surface area contributed by atoms with Crippen molar-refractivity contribution in [3.8, 4) is 0 Å². The fourth-order valence-corrected chi connectivity index (χ4v) is 2.38. The van der Waals surface area contributed by atoms with Crippen molar-refractivity contribution in [2.24, 2.45) is 4.99 Å². The lowest BCUT2D eigenvalue weighted by molar-refractivity contribution is -0.115. The number of hydrogen-bond donors (Lipinski definition) is 1. The third-order valence-corrected chi connectivity index (χ3v) is 3.80. The average molecular weight is 326 g/mol. The molecule has 3 nitrogen and oxygen atoms in total. The summed E-state index contributed by atoms with van der Waals surface area (Å²) >= 11 is 0. The number of nitrogens with zero attached hydrogens (tertiary/aromatic N) is 1. The van der Waals surface area contributed by atoms with E-state index in [1.165, 1.54) is 11.6 Å². The largest absolute Gasteiger partial charge is 0.305 e. The summed E-state index contributed by atoms with van der Waals surface area (Å²) in [5.41, 5.74) is 2.60. The number of nitrogens with one attached hydrogen (secondary N) is 1. The molecule has 0 fully saturated rings. The predicted molar refractivity (Wildman–Crippen MR) is 89.5 cm³/mol. The Labute approximate surface area is 138 Å². The number of hydrogen-bond acceptors (Lipinski definition) is 2. The minimum atomic E-state index is -0.980. The Kier molecular flexibility index (Phi) is 4.25. The molecule has 0 spiro atoms. The van der Waals surface area contributed by atoms with Crippen LogP contribution < -0.4 is 5.32 Å². The zero-order chi connectivity index (χ0) is 17.3. The van der Waals surface area contributed by atoms with Crippen LogP contribution in [0.25, 0.3) is 6.08 Å². The Morgan fingerprint density at radius 2 is 1.75 bits per heavy atom. The molecule has 2 aromatic carbocycles. The molecule has 1 amide bonds. The van der Waals surface area contributed by atoms with E-state index in [1.807, 2.05) is 24.3 Å². The van der Waals surface area contributed by atoms with Gasteiger partial charge >= 0.3 is 0 Å². The lowest BCUT2D eigenvalue weighted by atomic mass is 10.0. The Morgan fingerprint density at radius 3 is 2.38 bits per heavy atom. The third-order valence-electron chi connectivity index (χ3n) is 3.80. The average Bonchev–Trinajstić information content (AvgIpc) is 2.91. The van der Waals surface area contributed by atoms with Crippen molar-refractivity contribution in [3.63, 3.8) is 0 Å². The molecule has 1 aliphatic heterocycles. The molecule has 1 N–H and O–H groups in total. The molecule has 3 rings (SSSR count). The van der Waals surface area contributed by atoms with Gasteiger partial charge in [0.2, 0.25) is 0 Å². The van der Waals surface area contributed by atoms with Crippen LogP contribution >= 0.6 is 0 Å². The van der Waals surface area contributed by atoms with Gasteiger partial charge in [-0.05, 0) is 41.3 Å². The van der Waals surface area contributed by atoms with E-state index in [0.717, 1.165) is 17.7 Å². The molecule has 2 aromatic rings. The zero-order valence-electron chi connectivity index (χ0n) is 13.3. The Morgan fingerprint density at radius 1 is 1.04 bits per heavy atom. The second kappa shape index (κ2) is 6.35. The van der Waals surface area contributed by atoms with Gasteiger partial charge in [-0.15, -0.1) is 0 Å². The molecule has 0 atom stereocenters. The summed E-state index contributed by atoms with van der Waals surface area (Å²) in [4.78, 5) is 16.2. The number of rotatable bonds is 3. The molecule has 24 heavy (non-hydrogen) atoms. The summed E-state index contributed by atoms with van der Waals surface area (Å²) < 4.78 is 26.3. The van der Waals surface area contributed by atoms with E-state index >= 15 is 0 Å². The molecule has 1 heterocycles. The van der Waals surface area contributed by atoms with Crippen LogP contribution in [0.3, 0.4) is 0 Å². The molecule has 5 heteroatoms. The summed E-state index contributed by atoms with van der Waals surface area (Å²) in [7, 11) is 0. The molecule has 0 aliphatic carbocycles.